The summed E-state index contributed by atoms with van der Waals surface area (Å²) in [4.78, 5) is 0. The van der Waals surface area contributed by atoms with Crippen molar-refractivity contribution in [3.63, 3.8) is 0 Å². The molecule has 5 heteroatoms. The van der Waals surface area contributed by atoms with Gasteiger partial charge in [0.05, 0.1) is 17.5 Å². The molecule has 0 heterocycles. The lowest BCUT2D eigenvalue weighted by Crippen LogP contribution is -1.96. The zero-order valence-electron chi connectivity index (χ0n) is 9.95. The Hall–Kier alpha value is -1.70. The standard InChI is InChI=1S/C14H11BrClN3/c15-12-3-1-11(8-13(12)16)19-10-2-4-14(18)9(7-10)5-6-17/h1-4,7-8,19H,5,18H2. The summed E-state index contributed by atoms with van der Waals surface area (Å²) in [5, 5.41) is 12.6. The van der Waals surface area contributed by atoms with E-state index in [0.29, 0.717) is 17.1 Å². The fourth-order valence-corrected chi connectivity index (χ4v) is 2.09. The van der Waals surface area contributed by atoms with Crippen LogP contribution < -0.4 is 11.1 Å². The molecule has 19 heavy (non-hydrogen) atoms. The monoisotopic (exact) mass is 335 g/mol. The molecule has 0 spiro atoms. The molecular formula is C14H11BrClN3. The van der Waals surface area contributed by atoms with Gasteiger partial charge in [0.1, 0.15) is 0 Å². The van der Waals surface area contributed by atoms with E-state index in [-0.39, 0.29) is 0 Å². The highest BCUT2D eigenvalue weighted by Gasteiger charge is 2.03. The molecule has 2 aromatic carbocycles. The van der Waals surface area contributed by atoms with Gasteiger partial charge in [-0.15, -0.1) is 0 Å². The van der Waals surface area contributed by atoms with Gasteiger partial charge in [-0.25, -0.2) is 0 Å². The van der Waals surface area contributed by atoms with Gasteiger partial charge in [-0.2, -0.15) is 5.26 Å². The predicted molar refractivity (Wildman–Crippen MR) is 82.6 cm³/mol. The van der Waals surface area contributed by atoms with E-state index in [1.165, 1.54) is 0 Å². The smallest absolute Gasteiger partial charge is 0.0670 e. The molecular weight excluding hydrogens is 326 g/mol. The van der Waals surface area contributed by atoms with Gasteiger partial charge >= 0.3 is 0 Å². The lowest BCUT2D eigenvalue weighted by molar-refractivity contribution is 1.27. The van der Waals surface area contributed by atoms with Gasteiger partial charge in [0, 0.05) is 21.5 Å². The normalized spacial score (nSPS) is 9.95. The van der Waals surface area contributed by atoms with Crippen molar-refractivity contribution < 1.29 is 0 Å². The van der Waals surface area contributed by atoms with Gasteiger partial charge in [0.25, 0.3) is 0 Å². The first-order valence-corrected chi connectivity index (χ1v) is 6.74. The summed E-state index contributed by atoms with van der Waals surface area (Å²) in [6.45, 7) is 0. The van der Waals surface area contributed by atoms with Crippen LogP contribution in [-0.4, -0.2) is 0 Å². The van der Waals surface area contributed by atoms with Gasteiger partial charge in [-0.1, -0.05) is 11.6 Å². The summed E-state index contributed by atoms with van der Waals surface area (Å²) in [6.07, 6.45) is 0.294. The van der Waals surface area contributed by atoms with E-state index in [4.69, 9.17) is 22.6 Å². The molecule has 0 saturated carbocycles. The van der Waals surface area contributed by atoms with Gasteiger partial charge in [0.2, 0.25) is 0 Å². The van der Waals surface area contributed by atoms with Crippen LogP contribution in [0, 0.1) is 11.3 Å². The van der Waals surface area contributed by atoms with E-state index in [1.54, 1.807) is 6.07 Å². The largest absolute Gasteiger partial charge is 0.398 e. The van der Waals surface area contributed by atoms with E-state index < -0.39 is 0 Å². The number of hydrogen-bond donors (Lipinski definition) is 2. The summed E-state index contributed by atoms with van der Waals surface area (Å²) in [7, 11) is 0. The number of hydrogen-bond acceptors (Lipinski definition) is 3. The van der Waals surface area contributed by atoms with Crippen molar-refractivity contribution in [1.82, 2.24) is 0 Å². The number of nitrogen functional groups attached to an aromatic ring is 1. The summed E-state index contributed by atoms with van der Waals surface area (Å²) in [5.74, 6) is 0. The molecule has 3 nitrogen and oxygen atoms in total. The van der Waals surface area contributed by atoms with Crippen molar-refractivity contribution in [3.8, 4) is 6.07 Å². The summed E-state index contributed by atoms with van der Waals surface area (Å²) in [5.41, 5.74) is 9.00. The molecule has 0 amide bonds. The highest BCUT2D eigenvalue weighted by atomic mass is 79.9. The maximum absolute atomic E-state index is 8.74. The molecule has 0 bridgehead atoms. The highest BCUT2D eigenvalue weighted by Crippen LogP contribution is 2.28. The minimum absolute atomic E-state index is 0.294. The summed E-state index contributed by atoms with van der Waals surface area (Å²) >= 11 is 9.38. The first kappa shape index (κ1) is 13.7. The van der Waals surface area contributed by atoms with E-state index >= 15 is 0 Å². The van der Waals surface area contributed by atoms with E-state index in [9.17, 15) is 0 Å². The average molecular weight is 337 g/mol. The predicted octanol–water partition coefficient (Wildman–Crippen LogP) is 4.49. The molecule has 96 valence electrons. The lowest BCUT2D eigenvalue weighted by Gasteiger charge is -2.10. The number of rotatable bonds is 3. The van der Waals surface area contributed by atoms with Crippen LogP contribution in [0.25, 0.3) is 0 Å². The van der Waals surface area contributed by atoms with Crippen molar-refractivity contribution in [2.45, 2.75) is 6.42 Å². The minimum atomic E-state index is 0.294. The molecule has 0 fully saturated rings. The molecule has 0 aliphatic rings. The molecule has 0 atom stereocenters. The van der Waals surface area contributed by atoms with Crippen LogP contribution in [-0.2, 0) is 6.42 Å². The number of nitrogens with zero attached hydrogens (tertiary/aromatic N) is 1. The Morgan fingerprint density at radius 2 is 1.89 bits per heavy atom. The van der Waals surface area contributed by atoms with Crippen LogP contribution in [0.1, 0.15) is 5.56 Å². The molecule has 0 unspecified atom stereocenters. The van der Waals surface area contributed by atoms with Crippen molar-refractivity contribution in [2.24, 2.45) is 0 Å². The van der Waals surface area contributed by atoms with Crippen LogP contribution in [0.2, 0.25) is 5.02 Å². The average Bonchev–Trinajstić information content (AvgIpc) is 2.38. The van der Waals surface area contributed by atoms with Gasteiger partial charge < -0.3 is 11.1 Å². The van der Waals surface area contributed by atoms with E-state index in [2.05, 4.69) is 27.3 Å². The molecule has 0 radical (unpaired) electrons. The third-order valence-electron chi connectivity index (χ3n) is 2.62. The van der Waals surface area contributed by atoms with Crippen molar-refractivity contribution in [1.29, 1.82) is 5.26 Å². The summed E-state index contributed by atoms with van der Waals surface area (Å²) < 4.78 is 0.849. The SMILES string of the molecule is N#CCc1cc(Nc2ccc(Br)c(Cl)c2)ccc1N. The van der Waals surface area contributed by atoms with E-state index in [0.717, 1.165) is 21.4 Å². The Balaban J connectivity index is 2.25. The Morgan fingerprint density at radius 1 is 1.21 bits per heavy atom. The fraction of sp³-hybridized carbons (Fsp3) is 0.0714. The van der Waals surface area contributed by atoms with Gasteiger partial charge in [0.15, 0.2) is 0 Å². The second-order valence-corrected chi connectivity index (χ2v) is 5.26. The fourth-order valence-electron chi connectivity index (χ4n) is 1.66. The molecule has 2 aromatic rings. The van der Waals surface area contributed by atoms with Crippen LogP contribution in [0.5, 0.6) is 0 Å². The summed E-state index contributed by atoms with van der Waals surface area (Å²) in [6, 6.07) is 13.2. The Bertz CT molecular complexity index is 650. The number of nitriles is 1. The third-order valence-corrected chi connectivity index (χ3v) is 3.85. The Kier molecular flexibility index (Phi) is 4.31. The van der Waals surface area contributed by atoms with E-state index in [1.807, 2.05) is 30.3 Å². The molecule has 0 aliphatic carbocycles. The minimum Gasteiger partial charge on any atom is -0.398 e. The number of nitrogens with two attached hydrogens (primary N) is 1. The van der Waals surface area contributed by atoms with Gasteiger partial charge in [-0.05, 0) is 57.9 Å². The zero-order valence-corrected chi connectivity index (χ0v) is 12.3. The highest BCUT2D eigenvalue weighted by molar-refractivity contribution is 9.10. The molecule has 0 aliphatic heterocycles. The van der Waals surface area contributed by atoms with Crippen LogP contribution in [0.4, 0.5) is 17.1 Å². The second-order valence-electron chi connectivity index (χ2n) is 4.00. The quantitative estimate of drug-likeness (QED) is 0.812. The van der Waals surface area contributed by atoms with Crippen molar-refractivity contribution in [3.05, 3.63) is 51.5 Å². The van der Waals surface area contributed by atoms with Gasteiger partial charge in [-0.3, -0.25) is 0 Å². The maximum Gasteiger partial charge on any atom is 0.0670 e. The molecule has 2 rings (SSSR count). The van der Waals surface area contributed by atoms with Crippen molar-refractivity contribution >= 4 is 44.6 Å². The van der Waals surface area contributed by atoms with Crippen molar-refractivity contribution in [2.75, 3.05) is 11.1 Å². The van der Waals surface area contributed by atoms with Crippen LogP contribution in [0.3, 0.4) is 0 Å². The van der Waals surface area contributed by atoms with Crippen LogP contribution in [0.15, 0.2) is 40.9 Å². The number of nitrogens with one attached hydrogen (secondary N) is 1. The maximum atomic E-state index is 8.74. The Labute approximate surface area is 125 Å². The lowest BCUT2D eigenvalue weighted by atomic mass is 10.1. The first-order valence-electron chi connectivity index (χ1n) is 5.57. The number of halogens is 2. The topological polar surface area (TPSA) is 61.8 Å². The zero-order chi connectivity index (χ0) is 13.8. The number of benzene rings is 2. The first-order chi connectivity index (χ1) is 9.10. The number of anilines is 3. The third kappa shape index (κ3) is 3.40. The Morgan fingerprint density at radius 3 is 2.58 bits per heavy atom. The molecule has 0 aromatic heterocycles. The second kappa shape index (κ2) is 5.96. The van der Waals surface area contributed by atoms with Crippen LogP contribution >= 0.6 is 27.5 Å². The molecule has 3 N–H and O–H groups in total. The molecule has 0 saturated heterocycles.